The average molecular weight is 485 g/mol. The van der Waals surface area contributed by atoms with Gasteiger partial charge >= 0.3 is 6.09 Å². The summed E-state index contributed by atoms with van der Waals surface area (Å²) in [6.07, 6.45) is 5.12. The van der Waals surface area contributed by atoms with Gasteiger partial charge in [-0.1, -0.05) is 45.4 Å². The van der Waals surface area contributed by atoms with E-state index in [1.165, 1.54) is 14.2 Å². The molecule has 0 bridgehead atoms. The summed E-state index contributed by atoms with van der Waals surface area (Å²) < 4.78 is 88.2. The van der Waals surface area contributed by atoms with Gasteiger partial charge in [0.25, 0.3) is 5.97 Å². The molecule has 1 N–H and O–H groups in total. The van der Waals surface area contributed by atoms with Crippen molar-refractivity contribution >= 4 is 6.09 Å². The van der Waals surface area contributed by atoms with Gasteiger partial charge in [-0.15, -0.1) is 0 Å². The van der Waals surface area contributed by atoms with E-state index >= 15 is 0 Å². The molecule has 0 spiro atoms. The highest BCUT2D eigenvalue weighted by molar-refractivity contribution is 5.70. The molecule has 1 aromatic rings. The quantitative estimate of drug-likeness (QED) is 0.112. The van der Waals surface area contributed by atoms with Crippen LogP contribution in [0.2, 0.25) is 0 Å². The molecule has 1 rings (SSSR count). The minimum absolute atomic E-state index is 0.176. The maximum atomic E-state index is 13.8. The number of amides is 1. The predicted molar refractivity (Wildman–Crippen MR) is 110 cm³/mol. The second-order valence-electron chi connectivity index (χ2n) is 7.37. The zero-order chi connectivity index (χ0) is 25.0. The number of hydrogen-bond donors (Lipinski definition) is 1. The number of rotatable bonds is 15. The minimum atomic E-state index is -2.35. The van der Waals surface area contributed by atoms with Crippen LogP contribution in [0.3, 0.4) is 0 Å². The number of halogens is 5. The highest BCUT2D eigenvalue weighted by Crippen LogP contribution is 2.31. The van der Waals surface area contributed by atoms with Gasteiger partial charge in [-0.05, 0) is 13.3 Å². The van der Waals surface area contributed by atoms with Gasteiger partial charge in [0, 0.05) is 27.4 Å². The second-order valence-corrected chi connectivity index (χ2v) is 7.37. The Morgan fingerprint density at radius 3 is 1.88 bits per heavy atom. The van der Waals surface area contributed by atoms with Gasteiger partial charge in [0.1, 0.15) is 0 Å². The molecule has 6 nitrogen and oxygen atoms in total. The van der Waals surface area contributed by atoms with Crippen molar-refractivity contribution in [1.82, 2.24) is 5.32 Å². The Bertz CT molecular complexity index is 732. The van der Waals surface area contributed by atoms with E-state index in [2.05, 4.69) is 17.0 Å². The van der Waals surface area contributed by atoms with Crippen molar-refractivity contribution in [3.8, 4) is 5.75 Å². The van der Waals surface area contributed by atoms with Crippen molar-refractivity contribution in [2.75, 3.05) is 27.4 Å². The second kappa shape index (κ2) is 14.3. The molecule has 0 aliphatic rings. The fourth-order valence-corrected chi connectivity index (χ4v) is 3.44. The molecule has 0 saturated heterocycles. The SMILES string of the molecule is CCCCCCCCC(CNC(=O)Oc1c(F)c(F)c(F)c(F)c1F)C(OC)(OC)OCC. The summed E-state index contributed by atoms with van der Waals surface area (Å²) in [5, 5.41) is 2.26. The summed E-state index contributed by atoms with van der Waals surface area (Å²) in [5.41, 5.74) is 0. The van der Waals surface area contributed by atoms with E-state index in [1.807, 2.05) is 0 Å². The zero-order valence-electron chi connectivity index (χ0n) is 19.4. The first-order valence-electron chi connectivity index (χ1n) is 10.9. The molecule has 190 valence electrons. The lowest BCUT2D eigenvalue weighted by molar-refractivity contribution is -0.386. The van der Waals surface area contributed by atoms with Gasteiger partial charge in [0.2, 0.25) is 34.8 Å². The van der Waals surface area contributed by atoms with E-state index in [0.717, 1.165) is 38.5 Å². The molecule has 0 saturated carbocycles. The van der Waals surface area contributed by atoms with Crippen LogP contribution in [0.25, 0.3) is 0 Å². The van der Waals surface area contributed by atoms with Crippen molar-refractivity contribution in [3.05, 3.63) is 29.1 Å². The number of carbonyl (C=O) groups excluding carboxylic acids is 1. The Morgan fingerprint density at radius 1 is 0.848 bits per heavy atom. The van der Waals surface area contributed by atoms with Gasteiger partial charge < -0.3 is 24.3 Å². The van der Waals surface area contributed by atoms with Crippen molar-refractivity contribution in [3.63, 3.8) is 0 Å². The lowest BCUT2D eigenvalue weighted by Gasteiger charge is -2.37. The van der Waals surface area contributed by atoms with E-state index < -0.39 is 52.8 Å². The average Bonchev–Trinajstić information content (AvgIpc) is 2.82. The molecular weight excluding hydrogens is 453 g/mol. The van der Waals surface area contributed by atoms with Crippen LogP contribution in [0, 0.1) is 35.0 Å². The molecule has 0 radical (unpaired) electrons. The van der Waals surface area contributed by atoms with Crippen molar-refractivity contribution in [2.45, 2.75) is 64.8 Å². The Kier molecular flexibility index (Phi) is 12.6. The maximum Gasteiger partial charge on any atom is 0.412 e. The topological polar surface area (TPSA) is 66.0 Å². The van der Waals surface area contributed by atoms with Gasteiger partial charge in [-0.25, -0.2) is 18.0 Å². The first kappa shape index (κ1) is 29.1. The van der Waals surface area contributed by atoms with Crippen LogP contribution in [0.15, 0.2) is 0 Å². The van der Waals surface area contributed by atoms with E-state index in [9.17, 15) is 26.7 Å². The molecule has 0 aliphatic carbocycles. The highest BCUT2D eigenvalue weighted by atomic mass is 19.2. The van der Waals surface area contributed by atoms with Crippen LogP contribution in [-0.4, -0.2) is 39.4 Å². The lowest BCUT2D eigenvalue weighted by atomic mass is 9.97. The molecule has 0 heterocycles. The number of ether oxygens (including phenoxy) is 4. The van der Waals surface area contributed by atoms with Crippen LogP contribution < -0.4 is 10.1 Å². The highest BCUT2D eigenvalue weighted by Gasteiger charge is 2.41. The third-order valence-electron chi connectivity index (χ3n) is 5.18. The minimum Gasteiger partial charge on any atom is -0.404 e. The standard InChI is InChI=1S/C22H32F5NO5/c1-5-7-8-9-10-11-12-14(22(30-3,31-4)32-6-2)13-28-21(29)33-20-18(26)16(24)15(23)17(25)19(20)27/h14H,5-13H2,1-4H3,(H,28,29). The lowest BCUT2D eigenvalue weighted by Crippen LogP contribution is -2.49. The normalized spacial score (nSPS) is 12.6. The molecular formula is C22H32F5NO5. The van der Waals surface area contributed by atoms with E-state index in [-0.39, 0.29) is 13.2 Å². The molecule has 11 heteroatoms. The van der Waals surface area contributed by atoms with Crippen LogP contribution >= 0.6 is 0 Å². The van der Waals surface area contributed by atoms with Gasteiger partial charge in [0.05, 0.1) is 5.92 Å². The Balaban J connectivity index is 2.90. The van der Waals surface area contributed by atoms with Crippen molar-refractivity contribution in [2.24, 2.45) is 5.92 Å². The van der Waals surface area contributed by atoms with E-state index in [1.54, 1.807) is 6.92 Å². The van der Waals surface area contributed by atoms with Crippen LogP contribution in [0.4, 0.5) is 26.7 Å². The molecule has 33 heavy (non-hydrogen) atoms. The van der Waals surface area contributed by atoms with Crippen LogP contribution in [0.5, 0.6) is 5.75 Å². The molecule has 1 amide bonds. The van der Waals surface area contributed by atoms with E-state index in [0.29, 0.717) is 6.42 Å². The largest absolute Gasteiger partial charge is 0.412 e. The predicted octanol–water partition coefficient (Wildman–Crippen LogP) is 5.82. The number of methoxy groups -OCH3 is 2. The molecule has 1 aromatic carbocycles. The summed E-state index contributed by atoms with van der Waals surface area (Å²) in [7, 11) is 2.72. The zero-order valence-corrected chi connectivity index (χ0v) is 19.4. The number of hydrogen-bond acceptors (Lipinski definition) is 5. The Morgan fingerprint density at radius 2 is 1.36 bits per heavy atom. The Labute approximate surface area is 190 Å². The number of nitrogens with one attached hydrogen (secondary N) is 1. The van der Waals surface area contributed by atoms with Crippen molar-refractivity contribution < 1.29 is 45.7 Å². The number of unbranched alkanes of at least 4 members (excludes halogenated alkanes) is 5. The van der Waals surface area contributed by atoms with Gasteiger partial charge in [-0.2, -0.15) is 8.78 Å². The third-order valence-corrected chi connectivity index (χ3v) is 5.18. The Hall–Kier alpha value is -1.98. The van der Waals surface area contributed by atoms with Gasteiger partial charge in [-0.3, -0.25) is 0 Å². The molecule has 1 atom stereocenters. The smallest absolute Gasteiger partial charge is 0.404 e. The first-order chi connectivity index (χ1) is 15.7. The number of carbonyl (C=O) groups is 1. The monoisotopic (exact) mass is 485 g/mol. The van der Waals surface area contributed by atoms with Gasteiger partial charge in [0.15, 0.2) is 0 Å². The molecule has 1 unspecified atom stereocenters. The summed E-state index contributed by atoms with van der Waals surface area (Å²) in [6, 6.07) is 0. The van der Waals surface area contributed by atoms with Crippen molar-refractivity contribution in [1.29, 1.82) is 0 Å². The number of benzene rings is 1. The summed E-state index contributed by atoms with van der Waals surface area (Å²) >= 11 is 0. The summed E-state index contributed by atoms with van der Waals surface area (Å²) in [6.45, 7) is 3.88. The maximum absolute atomic E-state index is 13.8. The first-order valence-corrected chi connectivity index (χ1v) is 10.9. The van der Waals surface area contributed by atoms with Crippen LogP contribution in [-0.2, 0) is 14.2 Å². The molecule has 0 aliphatic heterocycles. The fraction of sp³-hybridized carbons (Fsp3) is 0.682. The summed E-state index contributed by atoms with van der Waals surface area (Å²) in [4.78, 5) is 12.1. The molecule has 0 aromatic heterocycles. The molecule has 0 fully saturated rings. The third kappa shape index (κ3) is 7.79. The summed E-state index contributed by atoms with van der Waals surface area (Å²) in [5.74, 6) is -15.0. The van der Waals surface area contributed by atoms with E-state index in [4.69, 9.17) is 14.2 Å². The van der Waals surface area contributed by atoms with Crippen LogP contribution in [0.1, 0.15) is 58.8 Å². The fourth-order valence-electron chi connectivity index (χ4n) is 3.44.